The first-order chi connectivity index (χ1) is 10.1. The third-order valence-electron chi connectivity index (χ3n) is 3.53. The van der Waals surface area contributed by atoms with E-state index in [-0.39, 0.29) is 6.61 Å². The summed E-state index contributed by atoms with van der Waals surface area (Å²) >= 11 is 0. The van der Waals surface area contributed by atoms with Crippen molar-refractivity contribution in [2.75, 3.05) is 12.8 Å². The zero-order chi connectivity index (χ0) is 15.0. The number of nitrogens with zero attached hydrogens (tertiary/aromatic N) is 2. The van der Waals surface area contributed by atoms with Gasteiger partial charge in [0.15, 0.2) is 0 Å². The van der Waals surface area contributed by atoms with Gasteiger partial charge < -0.3 is 15.6 Å². The minimum absolute atomic E-state index is 0.139. The summed E-state index contributed by atoms with van der Waals surface area (Å²) in [6.07, 6.45) is 0. The standard InChI is InChI=1S/C16H17N3O2/c1-10-7-12(4-6-15(10)21-2)19-14-5-3-11(17)8-13(14)18-16(19)9-20/h3-8,20H,9,17H2,1-2H3. The predicted octanol–water partition coefficient (Wildman–Crippen LogP) is 2.42. The molecule has 3 aromatic rings. The Balaban J connectivity index is 2.25. The number of aryl methyl sites for hydroxylation is 1. The molecule has 21 heavy (non-hydrogen) atoms. The Morgan fingerprint density at radius 2 is 2.05 bits per heavy atom. The molecular formula is C16H17N3O2. The fraction of sp³-hybridized carbons (Fsp3) is 0.188. The molecule has 0 unspecified atom stereocenters. The molecule has 2 aromatic carbocycles. The second-order valence-corrected chi connectivity index (χ2v) is 4.92. The number of ether oxygens (including phenoxy) is 1. The molecule has 0 spiro atoms. The number of imidazole rings is 1. The zero-order valence-corrected chi connectivity index (χ0v) is 12.0. The number of aliphatic hydroxyl groups is 1. The number of methoxy groups -OCH3 is 1. The van der Waals surface area contributed by atoms with Crippen LogP contribution in [-0.2, 0) is 6.61 Å². The van der Waals surface area contributed by atoms with E-state index >= 15 is 0 Å². The van der Waals surface area contributed by atoms with E-state index in [2.05, 4.69) is 4.98 Å². The Bertz CT molecular complexity index is 809. The van der Waals surface area contributed by atoms with Crippen LogP contribution in [0.1, 0.15) is 11.4 Å². The van der Waals surface area contributed by atoms with Crippen LogP contribution < -0.4 is 10.5 Å². The van der Waals surface area contributed by atoms with Crippen LogP contribution in [0.2, 0.25) is 0 Å². The van der Waals surface area contributed by atoms with Crippen LogP contribution in [0.5, 0.6) is 5.75 Å². The third kappa shape index (κ3) is 2.21. The zero-order valence-electron chi connectivity index (χ0n) is 12.0. The van der Waals surface area contributed by atoms with Crippen molar-refractivity contribution >= 4 is 16.7 Å². The number of aliphatic hydroxyl groups excluding tert-OH is 1. The number of aromatic nitrogens is 2. The Hall–Kier alpha value is -2.53. The Morgan fingerprint density at radius 1 is 1.24 bits per heavy atom. The van der Waals surface area contributed by atoms with E-state index in [1.54, 1.807) is 13.2 Å². The molecule has 0 bridgehead atoms. The molecule has 5 heteroatoms. The van der Waals surface area contributed by atoms with E-state index in [4.69, 9.17) is 10.5 Å². The highest BCUT2D eigenvalue weighted by molar-refractivity contribution is 5.81. The number of hydrogen-bond donors (Lipinski definition) is 2. The number of hydrogen-bond acceptors (Lipinski definition) is 4. The topological polar surface area (TPSA) is 73.3 Å². The average molecular weight is 283 g/mol. The number of nitrogens with two attached hydrogens (primary N) is 1. The van der Waals surface area contributed by atoms with Crippen molar-refractivity contribution in [2.45, 2.75) is 13.5 Å². The maximum absolute atomic E-state index is 9.58. The second-order valence-electron chi connectivity index (χ2n) is 4.92. The molecular weight excluding hydrogens is 266 g/mol. The first-order valence-electron chi connectivity index (χ1n) is 6.66. The Kier molecular flexibility index (Phi) is 3.27. The fourth-order valence-corrected chi connectivity index (χ4v) is 2.54. The van der Waals surface area contributed by atoms with Gasteiger partial charge in [0.1, 0.15) is 18.2 Å². The van der Waals surface area contributed by atoms with Crippen molar-refractivity contribution in [2.24, 2.45) is 0 Å². The molecule has 0 amide bonds. The van der Waals surface area contributed by atoms with Crippen molar-refractivity contribution in [3.8, 4) is 11.4 Å². The van der Waals surface area contributed by atoms with E-state index in [1.807, 2.05) is 41.8 Å². The van der Waals surface area contributed by atoms with Crippen molar-refractivity contribution < 1.29 is 9.84 Å². The van der Waals surface area contributed by atoms with Crippen LogP contribution in [0.15, 0.2) is 36.4 Å². The summed E-state index contributed by atoms with van der Waals surface area (Å²) in [6, 6.07) is 11.4. The van der Waals surface area contributed by atoms with Crippen molar-refractivity contribution in [3.05, 3.63) is 47.8 Å². The fourth-order valence-electron chi connectivity index (χ4n) is 2.54. The number of nitrogen functional groups attached to an aromatic ring is 1. The van der Waals surface area contributed by atoms with Gasteiger partial charge in [-0.15, -0.1) is 0 Å². The Morgan fingerprint density at radius 3 is 2.71 bits per heavy atom. The minimum Gasteiger partial charge on any atom is -0.496 e. The summed E-state index contributed by atoms with van der Waals surface area (Å²) in [6.45, 7) is 1.84. The second kappa shape index (κ2) is 5.10. The van der Waals surface area contributed by atoms with E-state index in [1.165, 1.54) is 0 Å². The molecule has 3 N–H and O–H groups in total. The molecule has 0 saturated carbocycles. The predicted molar refractivity (Wildman–Crippen MR) is 82.7 cm³/mol. The lowest BCUT2D eigenvalue weighted by Crippen LogP contribution is -2.02. The molecule has 0 radical (unpaired) electrons. The van der Waals surface area contributed by atoms with Gasteiger partial charge in [-0.1, -0.05) is 0 Å². The number of fused-ring (bicyclic) bond motifs is 1. The van der Waals surface area contributed by atoms with Gasteiger partial charge in [-0.05, 0) is 48.9 Å². The highest BCUT2D eigenvalue weighted by atomic mass is 16.5. The van der Waals surface area contributed by atoms with Crippen LogP contribution >= 0.6 is 0 Å². The average Bonchev–Trinajstić information content (AvgIpc) is 2.84. The van der Waals surface area contributed by atoms with Crippen molar-refractivity contribution in [1.29, 1.82) is 0 Å². The molecule has 0 saturated heterocycles. The van der Waals surface area contributed by atoms with Gasteiger partial charge in [0.25, 0.3) is 0 Å². The van der Waals surface area contributed by atoms with Crippen molar-refractivity contribution in [3.63, 3.8) is 0 Å². The summed E-state index contributed by atoms with van der Waals surface area (Å²) in [4.78, 5) is 4.44. The smallest absolute Gasteiger partial charge is 0.140 e. The van der Waals surface area contributed by atoms with E-state index in [0.717, 1.165) is 28.0 Å². The molecule has 3 rings (SSSR count). The van der Waals surface area contributed by atoms with Gasteiger partial charge in [-0.3, -0.25) is 4.57 Å². The molecule has 1 aromatic heterocycles. The molecule has 0 aliphatic carbocycles. The first kappa shape index (κ1) is 13.5. The molecule has 0 aliphatic heterocycles. The number of anilines is 1. The number of benzene rings is 2. The van der Waals surface area contributed by atoms with Crippen LogP contribution in [0.3, 0.4) is 0 Å². The summed E-state index contributed by atoms with van der Waals surface area (Å²) < 4.78 is 7.22. The van der Waals surface area contributed by atoms with Crippen LogP contribution in [0.4, 0.5) is 5.69 Å². The lowest BCUT2D eigenvalue weighted by Gasteiger charge is -2.11. The van der Waals surface area contributed by atoms with Gasteiger partial charge in [0, 0.05) is 11.4 Å². The highest BCUT2D eigenvalue weighted by Gasteiger charge is 2.13. The molecule has 108 valence electrons. The highest BCUT2D eigenvalue weighted by Crippen LogP contribution is 2.26. The van der Waals surface area contributed by atoms with Gasteiger partial charge in [-0.2, -0.15) is 0 Å². The minimum atomic E-state index is -0.139. The maximum atomic E-state index is 9.58. The van der Waals surface area contributed by atoms with Gasteiger partial charge in [0.2, 0.25) is 0 Å². The summed E-state index contributed by atoms with van der Waals surface area (Å²) in [5.41, 5.74) is 10.1. The molecule has 0 fully saturated rings. The molecule has 0 atom stereocenters. The molecule has 0 aliphatic rings. The molecule has 5 nitrogen and oxygen atoms in total. The van der Waals surface area contributed by atoms with E-state index in [9.17, 15) is 5.11 Å². The summed E-state index contributed by atoms with van der Waals surface area (Å²) in [5.74, 6) is 1.41. The van der Waals surface area contributed by atoms with Gasteiger partial charge in [-0.25, -0.2) is 4.98 Å². The van der Waals surface area contributed by atoms with Gasteiger partial charge in [0.05, 0.1) is 18.1 Å². The van der Waals surface area contributed by atoms with E-state index < -0.39 is 0 Å². The first-order valence-corrected chi connectivity index (χ1v) is 6.66. The largest absolute Gasteiger partial charge is 0.496 e. The molecule has 1 heterocycles. The lowest BCUT2D eigenvalue weighted by molar-refractivity contribution is 0.270. The summed E-state index contributed by atoms with van der Waals surface area (Å²) in [7, 11) is 1.65. The third-order valence-corrected chi connectivity index (χ3v) is 3.53. The van der Waals surface area contributed by atoms with Crippen LogP contribution in [0.25, 0.3) is 16.7 Å². The monoisotopic (exact) mass is 283 g/mol. The number of rotatable bonds is 3. The van der Waals surface area contributed by atoms with Gasteiger partial charge >= 0.3 is 0 Å². The van der Waals surface area contributed by atoms with E-state index in [0.29, 0.717) is 11.5 Å². The SMILES string of the molecule is COc1ccc(-n2c(CO)nc3cc(N)ccc32)cc1C. The normalized spacial score (nSPS) is 11.0. The summed E-state index contributed by atoms with van der Waals surface area (Å²) in [5, 5.41) is 9.58. The Labute approximate surface area is 122 Å². The van der Waals surface area contributed by atoms with Crippen LogP contribution in [0, 0.1) is 6.92 Å². The van der Waals surface area contributed by atoms with Crippen molar-refractivity contribution in [1.82, 2.24) is 9.55 Å². The van der Waals surface area contributed by atoms with Crippen LogP contribution in [-0.4, -0.2) is 21.8 Å². The lowest BCUT2D eigenvalue weighted by atomic mass is 10.2. The maximum Gasteiger partial charge on any atom is 0.140 e. The quantitative estimate of drug-likeness (QED) is 0.724.